The van der Waals surface area contributed by atoms with Gasteiger partial charge in [-0.3, -0.25) is 19.5 Å². The summed E-state index contributed by atoms with van der Waals surface area (Å²) >= 11 is 0. The molecule has 2 aromatic rings. The van der Waals surface area contributed by atoms with Crippen molar-refractivity contribution >= 4 is 5.91 Å². The van der Waals surface area contributed by atoms with Crippen LogP contribution in [-0.2, 0) is 13.6 Å². The predicted molar refractivity (Wildman–Crippen MR) is 96.2 cm³/mol. The van der Waals surface area contributed by atoms with E-state index in [0.717, 1.165) is 24.9 Å². The average molecular weight is 358 g/mol. The smallest absolute Gasteiger partial charge is 0.328 e. The first-order valence-electron chi connectivity index (χ1n) is 8.53. The maximum Gasteiger partial charge on any atom is 0.328 e. The fraction of sp³-hybridized carbons (Fsp3) is 0.389. The molecule has 1 fully saturated rings. The van der Waals surface area contributed by atoms with Crippen LogP contribution in [0.2, 0.25) is 0 Å². The Balaban J connectivity index is 1.65. The Kier molecular flexibility index (Phi) is 5.22. The van der Waals surface area contributed by atoms with Crippen molar-refractivity contribution in [1.29, 1.82) is 0 Å². The monoisotopic (exact) mass is 358 g/mol. The van der Waals surface area contributed by atoms with Gasteiger partial charge in [-0.05, 0) is 37.1 Å². The van der Waals surface area contributed by atoms with Gasteiger partial charge in [0.05, 0.1) is 0 Å². The van der Waals surface area contributed by atoms with Crippen LogP contribution in [0.3, 0.4) is 0 Å². The van der Waals surface area contributed by atoms with Crippen molar-refractivity contribution in [2.45, 2.75) is 25.4 Å². The molecule has 1 aromatic heterocycles. The van der Waals surface area contributed by atoms with Gasteiger partial charge in [0.15, 0.2) is 0 Å². The van der Waals surface area contributed by atoms with Gasteiger partial charge in [-0.1, -0.05) is 12.1 Å². The summed E-state index contributed by atoms with van der Waals surface area (Å²) in [4.78, 5) is 40.0. The SMILES string of the molecule is Cn1cc(C(=O)NC2CCCN(Cc3cccc(O)c3)C2)c(=O)[nH]c1=O. The van der Waals surface area contributed by atoms with Gasteiger partial charge < -0.3 is 15.0 Å². The minimum Gasteiger partial charge on any atom is -0.508 e. The second kappa shape index (κ2) is 7.57. The third-order valence-corrected chi connectivity index (χ3v) is 4.51. The fourth-order valence-corrected chi connectivity index (χ4v) is 3.22. The highest BCUT2D eigenvalue weighted by Crippen LogP contribution is 2.17. The number of aromatic hydroxyl groups is 1. The van der Waals surface area contributed by atoms with E-state index in [1.807, 2.05) is 6.07 Å². The van der Waals surface area contributed by atoms with Gasteiger partial charge >= 0.3 is 5.69 Å². The fourth-order valence-electron chi connectivity index (χ4n) is 3.22. The summed E-state index contributed by atoms with van der Waals surface area (Å²) in [5, 5.41) is 12.5. The molecule has 1 aliphatic rings. The quantitative estimate of drug-likeness (QED) is 0.722. The Bertz CT molecular complexity index is 918. The third-order valence-electron chi connectivity index (χ3n) is 4.51. The topological polar surface area (TPSA) is 107 Å². The van der Waals surface area contributed by atoms with Crippen molar-refractivity contribution in [3.05, 3.63) is 62.4 Å². The van der Waals surface area contributed by atoms with E-state index in [9.17, 15) is 19.5 Å². The van der Waals surface area contributed by atoms with Crippen molar-refractivity contribution in [2.24, 2.45) is 7.05 Å². The van der Waals surface area contributed by atoms with Crippen LogP contribution in [0.4, 0.5) is 0 Å². The van der Waals surface area contributed by atoms with Crippen molar-refractivity contribution < 1.29 is 9.90 Å². The Morgan fingerprint density at radius 1 is 1.38 bits per heavy atom. The van der Waals surface area contributed by atoms with E-state index in [1.165, 1.54) is 17.8 Å². The Hall–Kier alpha value is -2.87. The number of piperidine rings is 1. The number of hydrogen-bond acceptors (Lipinski definition) is 5. The second-order valence-electron chi connectivity index (χ2n) is 6.63. The number of nitrogens with one attached hydrogen (secondary N) is 2. The molecule has 1 unspecified atom stereocenters. The number of rotatable bonds is 4. The number of nitrogens with zero attached hydrogens (tertiary/aromatic N) is 2. The molecule has 0 radical (unpaired) electrons. The van der Waals surface area contributed by atoms with Crippen LogP contribution in [0.5, 0.6) is 5.75 Å². The molecule has 3 rings (SSSR count). The number of carbonyl (C=O) groups excluding carboxylic acids is 1. The summed E-state index contributed by atoms with van der Waals surface area (Å²) in [6, 6.07) is 7.04. The lowest BCUT2D eigenvalue weighted by Crippen LogP contribution is -2.48. The summed E-state index contributed by atoms with van der Waals surface area (Å²) in [5.41, 5.74) is -0.303. The van der Waals surface area contributed by atoms with E-state index in [-0.39, 0.29) is 17.4 Å². The number of hydrogen-bond donors (Lipinski definition) is 3. The van der Waals surface area contributed by atoms with Crippen LogP contribution in [-0.4, -0.2) is 44.6 Å². The van der Waals surface area contributed by atoms with Crippen LogP contribution in [0.25, 0.3) is 0 Å². The zero-order valence-electron chi connectivity index (χ0n) is 14.6. The lowest BCUT2D eigenvalue weighted by atomic mass is 10.0. The number of likely N-dealkylation sites (tertiary alicyclic amines) is 1. The first-order chi connectivity index (χ1) is 12.4. The first kappa shape index (κ1) is 17.9. The highest BCUT2D eigenvalue weighted by atomic mass is 16.3. The van der Waals surface area contributed by atoms with Crippen molar-refractivity contribution in [2.75, 3.05) is 13.1 Å². The van der Waals surface area contributed by atoms with Crippen LogP contribution in [0.1, 0.15) is 28.8 Å². The zero-order chi connectivity index (χ0) is 18.7. The van der Waals surface area contributed by atoms with E-state index in [4.69, 9.17) is 0 Å². The van der Waals surface area contributed by atoms with E-state index < -0.39 is 17.2 Å². The van der Waals surface area contributed by atoms with Gasteiger partial charge in [-0.2, -0.15) is 0 Å². The van der Waals surface area contributed by atoms with Crippen LogP contribution in [0, 0.1) is 0 Å². The highest BCUT2D eigenvalue weighted by Gasteiger charge is 2.23. The van der Waals surface area contributed by atoms with E-state index in [2.05, 4.69) is 15.2 Å². The summed E-state index contributed by atoms with van der Waals surface area (Å²) in [7, 11) is 1.48. The average Bonchev–Trinajstić information content (AvgIpc) is 2.58. The maximum absolute atomic E-state index is 12.4. The summed E-state index contributed by atoms with van der Waals surface area (Å²) < 4.78 is 1.17. The molecule has 26 heavy (non-hydrogen) atoms. The third kappa shape index (κ3) is 4.20. The molecule has 138 valence electrons. The molecule has 1 saturated heterocycles. The number of carbonyl (C=O) groups is 1. The predicted octanol–water partition coefficient (Wildman–Crippen LogP) is 0.174. The molecule has 0 bridgehead atoms. The Morgan fingerprint density at radius 3 is 2.96 bits per heavy atom. The first-order valence-corrected chi connectivity index (χ1v) is 8.53. The van der Waals surface area contributed by atoms with Crippen molar-refractivity contribution in [3.63, 3.8) is 0 Å². The van der Waals surface area contributed by atoms with Crippen LogP contribution in [0.15, 0.2) is 40.1 Å². The Labute approximate surface area is 150 Å². The lowest BCUT2D eigenvalue weighted by Gasteiger charge is -2.33. The number of aromatic nitrogens is 2. The molecule has 0 aliphatic carbocycles. The second-order valence-corrected chi connectivity index (χ2v) is 6.63. The standard InChI is InChI=1S/C18H22N4O4/c1-21-11-15(17(25)20-18(21)26)16(24)19-13-5-3-7-22(10-13)9-12-4-2-6-14(23)8-12/h2,4,6,8,11,13,23H,3,5,7,9-10H2,1H3,(H,19,24)(H,20,25,26). The van der Waals surface area contributed by atoms with Gasteiger partial charge in [-0.25, -0.2) is 4.79 Å². The van der Waals surface area contributed by atoms with Gasteiger partial charge in [0.25, 0.3) is 11.5 Å². The number of H-pyrrole nitrogens is 1. The molecular weight excluding hydrogens is 336 g/mol. The number of amides is 1. The van der Waals surface area contributed by atoms with E-state index in [1.54, 1.807) is 18.2 Å². The van der Waals surface area contributed by atoms with Crippen molar-refractivity contribution in [1.82, 2.24) is 19.8 Å². The molecule has 0 saturated carbocycles. The molecule has 1 aromatic carbocycles. The lowest BCUT2D eigenvalue weighted by molar-refractivity contribution is 0.0898. The molecule has 1 amide bonds. The van der Waals surface area contributed by atoms with Gasteiger partial charge in [-0.15, -0.1) is 0 Å². The molecule has 2 heterocycles. The molecule has 3 N–H and O–H groups in total. The highest BCUT2D eigenvalue weighted by molar-refractivity contribution is 5.93. The van der Waals surface area contributed by atoms with Crippen LogP contribution >= 0.6 is 0 Å². The van der Waals surface area contributed by atoms with Gasteiger partial charge in [0.2, 0.25) is 0 Å². The molecule has 8 heteroatoms. The number of benzene rings is 1. The van der Waals surface area contributed by atoms with E-state index >= 15 is 0 Å². The number of aryl methyl sites for hydroxylation is 1. The zero-order valence-corrected chi connectivity index (χ0v) is 14.6. The normalized spacial score (nSPS) is 17.8. The molecule has 1 atom stereocenters. The molecule has 0 spiro atoms. The number of phenolic OH excluding ortho intramolecular Hbond substituents is 1. The minimum atomic E-state index is -0.682. The Morgan fingerprint density at radius 2 is 2.19 bits per heavy atom. The van der Waals surface area contributed by atoms with Gasteiger partial charge in [0, 0.05) is 32.4 Å². The minimum absolute atomic E-state index is 0.0720. The largest absolute Gasteiger partial charge is 0.508 e. The maximum atomic E-state index is 12.4. The summed E-state index contributed by atoms with van der Waals surface area (Å²) in [5.74, 6) is -0.246. The van der Waals surface area contributed by atoms with Crippen LogP contribution < -0.4 is 16.6 Å². The summed E-state index contributed by atoms with van der Waals surface area (Å²) in [6.07, 6.45) is 3.00. The molecule has 8 nitrogen and oxygen atoms in total. The summed E-state index contributed by atoms with van der Waals surface area (Å²) in [6.45, 7) is 2.24. The van der Waals surface area contributed by atoms with Crippen molar-refractivity contribution in [3.8, 4) is 5.75 Å². The number of aromatic amines is 1. The van der Waals surface area contributed by atoms with E-state index in [0.29, 0.717) is 13.1 Å². The van der Waals surface area contributed by atoms with Gasteiger partial charge in [0.1, 0.15) is 11.3 Å². The molecule has 1 aliphatic heterocycles. The molecular formula is C18H22N4O4. The number of phenols is 1.